The second-order valence-electron chi connectivity index (χ2n) is 6.76. The predicted molar refractivity (Wildman–Crippen MR) is 113 cm³/mol. The van der Waals surface area contributed by atoms with Gasteiger partial charge in [-0.05, 0) is 18.6 Å². The van der Waals surface area contributed by atoms with E-state index in [1.54, 1.807) is 24.3 Å². The minimum absolute atomic E-state index is 0.273. The van der Waals surface area contributed by atoms with Crippen molar-refractivity contribution in [2.45, 2.75) is 13.5 Å². The van der Waals surface area contributed by atoms with Crippen LogP contribution < -0.4 is 5.32 Å². The number of benzene rings is 3. The molecule has 0 aliphatic heterocycles. The van der Waals surface area contributed by atoms with Crippen molar-refractivity contribution < 1.29 is 4.79 Å². The van der Waals surface area contributed by atoms with Crippen LogP contribution in [0, 0.1) is 13.5 Å². The van der Waals surface area contributed by atoms with Crippen molar-refractivity contribution in [3.05, 3.63) is 107 Å². The third-order valence-corrected chi connectivity index (χ3v) is 4.78. The first kappa shape index (κ1) is 17.6. The summed E-state index contributed by atoms with van der Waals surface area (Å²) in [5.74, 6) is -0.273. The largest absolute Gasteiger partial charge is 0.341 e. The molecule has 4 aromatic rings. The molecule has 4 nitrogen and oxygen atoms in total. The number of hydrogen-bond donors (Lipinski definition) is 1. The number of para-hydroxylation sites is 2. The Balaban J connectivity index is 1.69. The molecule has 0 saturated carbocycles. The van der Waals surface area contributed by atoms with E-state index in [0.717, 1.165) is 23.1 Å². The molecule has 4 rings (SSSR count). The lowest BCUT2D eigenvalue weighted by molar-refractivity contribution is 0.102. The number of rotatable bonds is 4. The summed E-state index contributed by atoms with van der Waals surface area (Å²) < 4.78 is 2.14. The van der Waals surface area contributed by atoms with E-state index in [1.807, 2.05) is 30.5 Å². The number of fused-ring (bicyclic) bond motifs is 1. The molecule has 1 heterocycles. The van der Waals surface area contributed by atoms with Crippen LogP contribution in [0.25, 0.3) is 15.7 Å². The maximum absolute atomic E-state index is 12.8. The van der Waals surface area contributed by atoms with Crippen molar-refractivity contribution in [2.75, 3.05) is 5.32 Å². The quantitative estimate of drug-likeness (QED) is 0.456. The smallest absolute Gasteiger partial charge is 0.245 e. The molecule has 0 aliphatic carbocycles. The maximum Gasteiger partial charge on any atom is 0.245 e. The zero-order valence-corrected chi connectivity index (χ0v) is 15.5. The first-order valence-electron chi connectivity index (χ1n) is 9.07. The number of aryl methyl sites for hydroxylation is 1. The van der Waals surface area contributed by atoms with Gasteiger partial charge in [0, 0.05) is 23.7 Å². The van der Waals surface area contributed by atoms with Gasteiger partial charge < -0.3 is 9.88 Å². The highest BCUT2D eigenvalue weighted by Crippen LogP contribution is 2.28. The van der Waals surface area contributed by atoms with Gasteiger partial charge >= 0.3 is 0 Å². The minimum atomic E-state index is -0.273. The van der Waals surface area contributed by atoms with E-state index in [2.05, 4.69) is 45.9 Å². The van der Waals surface area contributed by atoms with Crippen molar-refractivity contribution in [1.29, 1.82) is 0 Å². The number of nitrogens with one attached hydrogen (secondary N) is 1. The first-order valence-corrected chi connectivity index (χ1v) is 9.07. The number of aromatic nitrogens is 1. The summed E-state index contributed by atoms with van der Waals surface area (Å²) in [6.45, 7) is 10.1. The molecule has 0 radical (unpaired) electrons. The van der Waals surface area contributed by atoms with Crippen LogP contribution in [0.15, 0.2) is 79.0 Å². The van der Waals surface area contributed by atoms with E-state index in [4.69, 9.17) is 6.57 Å². The summed E-state index contributed by atoms with van der Waals surface area (Å²) in [6, 6.07) is 23.3. The molecule has 0 saturated heterocycles. The van der Waals surface area contributed by atoms with Gasteiger partial charge in [-0.2, -0.15) is 0 Å². The molecule has 0 spiro atoms. The summed E-state index contributed by atoms with van der Waals surface area (Å²) in [5, 5.41) is 3.96. The van der Waals surface area contributed by atoms with Crippen LogP contribution in [0.4, 0.5) is 11.4 Å². The fraction of sp³-hybridized carbons (Fsp3) is 0.0833. The van der Waals surface area contributed by atoms with Gasteiger partial charge in [0.25, 0.3) is 0 Å². The van der Waals surface area contributed by atoms with Crippen LogP contribution in [0.2, 0.25) is 0 Å². The van der Waals surface area contributed by atoms with Gasteiger partial charge in [-0.1, -0.05) is 72.3 Å². The molecule has 0 atom stereocenters. The summed E-state index contributed by atoms with van der Waals surface area (Å²) in [4.78, 5) is 16.2. The zero-order valence-electron chi connectivity index (χ0n) is 15.5. The summed E-state index contributed by atoms with van der Waals surface area (Å²) in [6.07, 6.45) is 1.96. The lowest BCUT2D eigenvalue weighted by atomic mass is 10.1. The van der Waals surface area contributed by atoms with Gasteiger partial charge in [0.15, 0.2) is 5.69 Å². The Morgan fingerprint density at radius 2 is 1.71 bits per heavy atom. The van der Waals surface area contributed by atoms with Crippen LogP contribution in [0.5, 0.6) is 0 Å². The molecule has 0 aliphatic rings. The molecular weight excluding hydrogens is 346 g/mol. The van der Waals surface area contributed by atoms with Crippen LogP contribution in [0.3, 0.4) is 0 Å². The van der Waals surface area contributed by atoms with Gasteiger partial charge in [-0.25, -0.2) is 4.85 Å². The van der Waals surface area contributed by atoms with Crippen molar-refractivity contribution in [1.82, 2.24) is 4.57 Å². The number of nitrogens with zero attached hydrogens (tertiary/aromatic N) is 2. The molecule has 0 fully saturated rings. The maximum atomic E-state index is 12.8. The average Bonchev–Trinajstić information content (AvgIpc) is 3.07. The summed E-state index contributed by atoms with van der Waals surface area (Å²) in [7, 11) is 0. The van der Waals surface area contributed by atoms with Crippen molar-refractivity contribution in [3.8, 4) is 0 Å². The van der Waals surface area contributed by atoms with Gasteiger partial charge in [-0.15, -0.1) is 0 Å². The normalized spacial score (nSPS) is 10.6. The van der Waals surface area contributed by atoms with Gasteiger partial charge in [-0.3, -0.25) is 4.79 Å². The number of carbonyl (C=O) groups is 1. The molecule has 3 aromatic carbocycles. The second kappa shape index (κ2) is 7.42. The predicted octanol–water partition coefficient (Wildman–Crippen LogP) is 5.80. The Labute approximate surface area is 163 Å². The Morgan fingerprint density at radius 1 is 1.00 bits per heavy atom. The Morgan fingerprint density at radius 3 is 2.50 bits per heavy atom. The Hall–Kier alpha value is -3.84. The fourth-order valence-corrected chi connectivity index (χ4v) is 3.32. The SMILES string of the molecule is [C-]#[N+]c1ccccc1C(=O)Nc1cn(Cc2ccc(C)cc2)c2ccccc12. The Kier molecular flexibility index (Phi) is 4.65. The van der Waals surface area contributed by atoms with Crippen LogP contribution in [0.1, 0.15) is 21.5 Å². The standard InChI is InChI=1S/C24H19N3O/c1-17-11-13-18(14-12-17)15-27-16-22(19-7-4-6-10-23(19)27)26-24(28)20-8-3-5-9-21(20)25-2/h3-14,16H,15H2,1H3,(H,26,28). The minimum Gasteiger partial charge on any atom is -0.341 e. The van der Waals surface area contributed by atoms with E-state index in [1.165, 1.54) is 11.1 Å². The number of anilines is 1. The first-order chi connectivity index (χ1) is 13.7. The third-order valence-electron chi connectivity index (χ3n) is 4.78. The van der Waals surface area contributed by atoms with Crippen LogP contribution in [-0.2, 0) is 6.54 Å². The zero-order chi connectivity index (χ0) is 19.5. The fourth-order valence-electron chi connectivity index (χ4n) is 3.32. The van der Waals surface area contributed by atoms with E-state index >= 15 is 0 Å². The van der Waals surface area contributed by atoms with Gasteiger partial charge in [0.2, 0.25) is 5.91 Å². The van der Waals surface area contributed by atoms with Crippen molar-refractivity contribution in [3.63, 3.8) is 0 Å². The van der Waals surface area contributed by atoms with Crippen molar-refractivity contribution in [2.24, 2.45) is 0 Å². The van der Waals surface area contributed by atoms with E-state index < -0.39 is 0 Å². The van der Waals surface area contributed by atoms with Crippen LogP contribution in [-0.4, -0.2) is 10.5 Å². The van der Waals surface area contributed by atoms with Crippen LogP contribution >= 0.6 is 0 Å². The van der Waals surface area contributed by atoms with Gasteiger partial charge in [0.1, 0.15) is 0 Å². The topological polar surface area (TPSA) is 38.4 Å². The molecule has 1 N–H and O–H groups in total. The molecule has 136 valence electrons. The van der Waals surface area contributed by atoms with E-state index in [-0.39, 0.29) is 5.91 Å². The summed E-state index contributed by atoms with van der Waals surface area (Å²) >= 11 is 0. The molecule has 28 heavy (non-hydrogen) atoms. The lowest BCUT2D eigenvalue weighted by Gasteiger charge is -2.06. The Bertz CT molecular complexity index is 1200. The molecular formula is C24H19N3O. The molecule has 4 heteroatoms. The average molecular weight is 365 g/mol. The summed E-state index contributed by atoms with van der Waals surface area (Å²) in [5.41, 5.74) is 4.95. The second-order valence-corrected chi connectivity index (χ2v) is 6.76. The molecule has 1 aromatic heterocycles. The number of carbonyl (C=O) groups excluding carboxylic acids is 1. The van der Waals surface area contributed by atoms with E-state index in [0.29, 0.717) is 11.3 Å². The highest BCUT2D eigenvalue weighted by atomic mass is 16.1. The third kappa shape index (κ3) is 3.38. The van der Waals surface area contributed by atoms with E-state index in [9.17, 15) is 4.79 Å². The number of amides is 1. The highest BCUT2D eigenvalue weighted by molar-refractivity contribution is 6.11. The molecule has 1 amide bonds. The molecule has 0 bridgehead atoms. The van der Waals surface area contributed by atoms with Gasteiger partial charge in [0.05, 0.1) is 17.8 Å². The monoisotopic (exact) mass is 365 g/mol. The highest BCUT2D eigenvalue weighted by Gasteiger charge is 2.15. The lowest BCUT2D eigenvalue weighted by Crippen LogP contribution is -2.11. The van der Waals surface area contributed by atoms with Crippen molar-refractivity contribution >= 4 is 28.2 Å². The number of hydrogen-bond acceptors (Lipinski definition) is 1. The molecule has 0 unspecified atom stereocenters.